The third-order valence-electron chi connectivity index (χ3n) is 2.92. The molecule has 0 spiro atoms. The van der Waals surface area contributed by atoms with Crippen molar-refractivity contribution in [2.75, 3.05) is 0 Å². The first-order valence-electron chi connectivity index (χ1n) is 5.35. The normalized spacial score (nSPS) is 23.6. The van der Waals surface area contributed by atoms with Crippen LogP contribution in [0.25, 0.3) is 0 Å². The molecule has 2 atom stereocenters. The molecule has 0 radical (unpaired) electrons. The van der Waals surface area contributed by atoms with Gasteiger partial charge in [0.25, 0.3) is 0 Å². The van der Waals surface area contributed by atoms with E-state index < -0.39 is 23.3 Å². The van der Waals surface area contributed by atoms with Crippen LogP contribution >= 0.6 is 11.8 Å². The molecule has 1 aromatic rings. The van der Waals surface area contributed by atoms with Crippen molar-refractivity contribution in [2.24, 2.45) is 5.92 Å². The molecule has 1 heterocycles. The van der Waals surface area contributed by atoms with Crippen molar-refractivity contribution in [1.29, 1.82) is 0 Å². The second-order valence-electron chi connectivity index (χ2n) is 4.34. The standard InChI is InChI=1S/C12H11F3O2S/c1-6-2-3-9-7(4-6)5-8(11(16)17)10(18-9)12(13,14)15/h2-4,8,10H,5H2,1H3,(H,16,17)/t8-,10-/m0/s1. The van der Waals surface area contributed by atoms with Crippen LogP contribution in [-0.2, 0) is 11.2 Å². The topological polar surface area (TPSA) is 37.3 Å². The van der Waals surface area contributed by atoms with Crippen LogP contribution in [0.1, 0.15) is 11.1 Å². The summed E-state index contributed by atoms with van der Waals surface area (Å²) in [6.07, 6.45) is -4.57. The van der Waals surface area contributed by atoms with Gasteiger partial charge in [-0.05, 0) is 25.0 Å². The minimum atomic E-state index is -4.50. The molecule has 18 heavy (non-hydrogen) atoms. The molecule has 0 aliphatic carbocycles. The highest BCUT2D eigenvalue weighted by Crippen LogP contribution is 2.46. The highest BCUT2D eigenvalue weighted by Gasteiger charge is 2.50. The van der Waals surface area contributed by atoms with Gasteiger partial charge in [0, 0.05) is 4.90 Å². The fourth-order valence-corrected chi connectivity index (χ4v) is 3.28. The number of carboxylic acids is 1. The fourth-order valence-electron chi connectivity index (χ4n) is 2.06. The Morgan fingerprint density at radius 2 is 2.11 bits per heavy atom. The minimum Gasteiger partial charge on any atom is -0.481 e. The molecule has 6 heteroatoms. The van der Waals surface area contributed by atoms with Crippen molar-refractivity contribution in [1.82, 2.24) is 0 Å². The van der Waals surface area contributed by atoms with Crippen molar-refractivity contribution in [2.45, 2.75) is 29.7 Å². The van der Waals surface area contributed by atoms with E-state index in [2.05, 4.69) is 0 Å². The summed E-state index contributed by atoms with van der Waals surface area (Å²) in [7, 11) is 0. The Morgan fingerprint density at radius 3 is 2.67 bits per heavy atom. The molecule has 0 saturated heterocycles. The third-order valence-corrected chi connectivity index (χ3v) is 4.42. The molecular formula is C12H11F3O2S. The van der Waals surface area contributed by atoms with E-state index >= 15 is 0 Å². The number of rotatable bonds is 1. The summed E-state index contributed by atoms with van der Waals surface area (Å²) in [4.78, 5) is 11.5. The number of benzene rings is 1. The van der Waals surface area contributed by atoms with Crippen molar-refractivity contribution < 1.29 is 23.1 Å². The van der Waals surface area contributed by atoms with Gasteiger partial charge in [-0.2, -0.15) is 13.2 Å². The van der Waals surface area contributed by atoms with Crippen molar-refractivity contribution >= 4 is 17.7 Å². The molecule has 1 aliphatic heterocycles. The summed E-state index contributed by atoms with van der Waals surface area (Å²) >= 11 is 0.603. The third kappa shape index (κ3) is 2.48. The lowest BCUT2D eigenvalue weighted by molar-refractivity contribution is -0.160. The van der Waals surface area contributed by atoms with Gasteiger partial charge in [-0.15, -0.1) is 11.8 Å². The molecule has 0 unspecified atom stereocenters. The molecular weight excluding hydrogens is 265 g/mol. The molecule has 2 rings (SSSR count). The average molecular weight is 276 g/mol. The van der Waals surface area contributed by atoms with Crippen LogP contribution in [-0.4, -0.2) is 22.5 Å². The van der Waals surface area contributed by atoms with E-state index in [0.29, 0.717) is 22.2 Å². The predicted octanol–water partition coefficient (Wildman–Crippen LogP) is 3.27. The van der Waals surface area contributed by atoms with Gasteiger partial charge in [0.05, 0.1) is 5.92 Å². The molecule has 0 fully saturated rings. The van der Waals surface area contributed by atoms with Crippen LogP contribution in [0.3, 0.4) is 0 Å². The average Bonchev–Trinajstić information content (AvgIpc) is 2.25. The molecule has 0 aromatic heterocycles. The summed E-state index contributed by atoms with van der Waals surface area (Å²) in [5.41, 5.74) is 1.61. The summed E-state index contributed by atoms with van der Waals surface area (Å²) in [6.45, 7) is 1.83. The van der Waals surface area contributed by atoms with Gasteiger partial charge in [0.1, 0.15) is 5.25 Å². The van der Waals surface area contributed by atoms with Gasteiger partial charge in [-0.1, -0.05) is 17.7 Å². The Balaban J connectivity index is 2.40. The molecule has 98 valence electrons. The second-order valence-corrected chi connectivity index (χ2v) is 5.52. The molecule has 1 N–H and O–H groups in total. The summed E-state index contributed by atoms with van der Waals surface area (Å²) < 4.78 is 38.5. The highest BCUT2D eigenvalue weighted by atomic mass is 32.2. The first-order chi connectivity index (χ1) is 8.29. The molecule has 2 nitrogen and oxygen atoms in total. The van der Waals surface area contributed by atoms with E-state index in [1.807, 2.05) is 6.92 Å². The molecule has 0 amide bonds. The first kappa shape index (κ1) is 13.3. The largest absolute Gasteiger partial charge is 0.481 e. The smallest absolute Gasteiger partial charge is 0.401 e. The van der Waals surface area contributed by atoms with E-state index in [1.54, 1.807) is 18.2 Å². The Morgan fingerprint density at radius 1 is 1.44 bits per heavy atom. The Bertz CT molecular complexity index is 485. The monoisotopic (exact) mass is 276 g/mol. The fraction of sp³-hybridized carbons (Fsp3) is 0.417. The lowest BCUT2D eigenvalue weighted by Gasteiger charge is -2.31. The van der Waals surface area contributed by atoms with Crippen LogP contribution in [0, 0.1) is 12.8 Å². The molecule has 0 saturated carbocycles. The number of thioether (sulfide) groups is 1. The van der Waals surface area contributed by atoms with E-state index in [9.17, 15) is 18.0 Å². The maximum absolute atomic E-state index is 12.8. The lowest BCUT2D eigenvalue weighted by atomic mass is 9.94. The van der Waals surface area contributed by atoms with Crippen LogP contribution in [0.15, 0.2) is 23.1 Å². The summed E-state index contributed by atoms with van der Waals surface area (Å²) in [5.74, 6) is -2.80. The zero-order chi connectivity index (χ0) is 13.5. The Labute approximate surface area is 106 Å². The van der Waals surface area contributed by atoms with E-state index in [0.717, 1.165) is 5.56 Å². The van der Waals surface area contributed by atoms with Crippen LogP contribution in [0.4, 0.5) is 13.2 Å². The van der Waals surface area contributed by atoms with Crippen molar-refractivity contribution in [3.63, 3.8) is 0 Å². The van der Waals surface area contributed by atoms with Gasteiger partial charge in [0.2, 0.25) is 0 Å². The first-order valence-corrected chi connectivity index (χ1v) is 6.22. The number of carboxylic acid groups (broad SMARTS) is 1. The van der Waals surface area contributed by atoms with Crippen LogP contribution < -0.4 is 0 Å². The maximum atomic E-state index is 12.8. The van der Waals surface area contributed by atoms with E-state index in [4.69, 9.17) is 5.11 Å². The zero-order valence-electron chi connectivity index (χ0n) is 9.49. The minimum absolute atomic E-state index is 0.0659. The summed E-state index contributed by atoms with van der Waals surface area (Å²) in [5, 5.41) is 7.08. The van der Waals surface area contributed by atoms with Gasteiger partial charge >= 0.3 is 12.1 Å². The second kappa shape index (κ2) is 4.50. The van der Waals surface area contributed by atoms with Gasteiger partial charge in [0.15, 0.2) is 0 Å². The van der Waals surface area contributed by atoms with Crippen LogP contribution in [0.2, 0.25) is 0 Å². The quantitative estimate of drug-likeness (QED) is 0.855. The number of hydrogen-bond donors (Lipinski definition) is 1. The number of aryl methyl sites for hydroxylation is 1. The SMILES string of the molecule is Cc1ccc2c(c1)C[C@H](C(=O)O)[C@@H](C(F)(F)F)S2. The van der Waals surface area contributed by atoms with Gasteiger partial charge in [-0.3, -0.25) is 4.79 Å². The van der Waals surface area contributed by atoms with E-state index in [1.165, 1.54) is 0 Å². The van der Waals surface area contributed by atoms with Crippen molar-refractivity contribution in [3.8, 4) is 0 Å². The Hall–Kier alpha value is -1.17. The van der Waals surface area contributed by atoms with E-state index in [-0.39, 0.29) is 6.42 Å². The number of halogens is 3. The molecule has 0 bridgehead atoms. The zero-order valence-corrected chi connectivity index (χ0v) is 10.3. The number of carbonyl (C=O) groups is 1. The lowest BCUT2D eigenvalue weighted by Crippen LogP contribution is -2.41. The maximum Gasteiger partial charge on any atom is 0.401 e. The van der Waals surface area contributed by atoms with Gasteiger partial charge in [-0.25, -0.2) is 0 Å². The number of aliphatic carboxylic acids is 1. The predicted molar refractivity (Wildman–Crippen MR) is 61.7 cm³/mol. The summed E-state index contributed by atoms with van der Waals surface area (Å²) in [6, 6.07) is 5.12. The highest BCUT2D eigenvalue weighted by molar-refractivity contribution is 8.00. The van der Waals surface area contributed by atoms with Gasteiger partial charge < -0.3 is 5.11 Å². The van der Waals surface area contributed by atoms with Crippen molar-refractivity contribution in [3.05, 3.63) is 29.3 Å². The number of hydrogen-bond acceptors (Lipinski definition) is 2. The Kier molecular flexibility index (Phi) is 3.31. The molecule has 1 aromatic carbocycles. The molecule has 1 aliphatic rings. The number of fused-ring (bicyclic) bond motifs is 1. The number of alkyl halides is 3. The van der Waals surface area contributed by atoms with Crippen LogP contribution in [0.5, 0.6) is 0 Å².